The van der Waals surface area contributed by atoms with E-state index in [-0.39, 0.29) is 0 Å². The van der Waals surface area contributed by atoms with E-state index in [9.17, 15) is 9.90 Å². The lowest BCUT2D eigenvalue weighted by atomic mass is 10.1. The van der Waals surface area contributed by atoms with Crippen LogP contribution in [0.2, 0.25) is 0 Å². The van der Waals surface area contributed by atoms with Gasteiger partial charge in [0.15, 0.2) is 0 Å². The molecule has 4 heteroatoms. The SMILES string of the molecule is CC[C@H](C(=O)O)N(C)c1ccc(Oc2ccccc2)cc1. The molecule has 1 N–H and O–H groups in total. The van der Waals surface area contributed by atoms with E-state index in [4.69, 9.17) is 4.74 Å². The number of carboxylic acids is 1. The van der Waals surface area contributed by atoms with Gasteiger partial charge in [0.1, 0.15) is 17.5 Å². The van der Waals surface area contributed by atoms with Crippen molar-refractivity contribution in [2.24, 2.45) is 0 Å². The standard InChI is InChI=1S/C17H19NO3/c1-3-16(17(19)20)18(2)13-9-11-15(12-10-13)21-14-7-5-4-6-8-14/h4-12,16H,3H2,1-2H3,(H,19,20)/t16-/m1/s1. The van der Waals surface area contributed by atoms with E-state index in [2.05, 4.69) is 0 Å². The molecule has 0 unspecified atom stereocenters. The average molecular weight is 285 g/mol. The summed E-state index contributed by atoms with van der Waals surface area (Å²) < 4.78 is 5.71. The fourth-order valence-corrected chi connectivity index (χ4v) is 2.17. The molecule has 0 heterocycles. The average Bonchev–Trinajstić information content (AvgIpc) is 2.49. The van der Waals surface area contributed by atoms with Crippen LogP contribution in [0.5, 0.6) is 11.5 Å². The fourth-order valence-electron chi connectivity index (χ4n) is 2.17. The van der Waals surface area contributed by atoms with Gasteiger partial charge in [0.05, 0.1) is 0 Å². The maximum absolute atomic E-state index is 11.2. The first kappa shape index (κ1) is 14.9. The van der Waals surface area contributed by atoms with Crippen LogP contribution in [0.15, 0.2) is 54.6 Å². The van der Waals surface area contributed by atoms with Crippen molar-refractivity contribution in [2.75, 3.05) is 11.9 Å². The van der Waals surface area contributed by atoms with Crippen LogP contribution in [0, 0.1) is 0 Å². The molecule has 0 radical (unpaired) electrons. The maximum atomic E-state index is 11.2. The normalized spacial score (nSPS) is 11.7. The van der Waals surface area contributed by atoms with Crippen LogP contribution in [-0.2, 0) is 4.79 Å². The molecule has 0 fully saturated rings. The third-order valence-electron chi connectivity index (χ3n) is 3.36. The van der Waals surface area contributed by atoms with Gasteiger partial charge in [-0.15, -0.1) is 0 Å². The van der Waals surface area contributed by atoms with Crippen molar-refractivity contribution in [3.05, 3.63) is 54.6 Å². The Hall–Kier alpha value is -2.49. The molecule has 0 bridgehead atoms. The van der Waals surface area contributed by atoms with Crippen molar-refractivity contribution in [1.29, 1.82) is 0 Å². The van der Waals surface area contributed by atoms with E-state index in [1.165, 1.54) is 0 Å². The molecule has 0 saturated heterocycles. The first-order chi connectivity index (χ1) is 10.1. The molecule has 0 aliphatic heterocycles. The summed E-state index contributed by atoms with van der Waals surface area (Å²) in [6.45, 7) is 1.86. The monoisotopic (exact) mass is 285 g/mol. The van der Waals surface area contributed by atoms with Crippen LogP contribution in [0.4, 0.5) is 5.69 Å². The number of hydrogen-bond acceptors (Lipinski definition) is 3. The Labute approximate surface area is 124 Å². The molecule has 0 aromatic heterocycles. The number of nitrogens with zero attached hydrogens (tertiary/aromatic N) is 1. The van der Waals surface area contributed by atoms with Gasteiger partial charge >= 0.3 is 5.97 Å². The van der Waals surface area contributed by atoms with E-state index < -0.39 is 12.0 Å². The van der Waals surface area contributed by atoms with Gasteiger partial charge < -0.3 is 14.7 Å². The van der Waals surface area contributed by atoms with Crippen molar-refractivity contribution < 1.29 is 14.6 Å². The molecule has 0 aliphatic rings. The predicted molar refractivity (Wildman–Crippen MR) is 83.1 cm³/mol. The Morgan fingerprint density at radius 3 is 2.19 bits per heavy atom. The molecule has 0 aliphatic carbocycles. The number of aliphatic carboxylic acids is 1. The molecule has 4 nitrogen and oxygen atoms in total. The third-order valence-corrected chi connectivity index (χ3v) is 3.36. The fraction of sp³-hybridized carbons (Fsp3) is 0.235. The summed E-state index contributed by atoms with van der Waals surface area (Å²) in [4.78, 5) is 12.9. The second kappa shape index (κ2) is 6.79. The van der Waals surface area contributed by atoms with Crippen molar-refractivity contribution >= 4 is 11.7 Å². The van der Waals surface area contributed by atoms with Gasteiger partial charge in [-0.3, -0.25) is 0 Å². The minimum Gasteiger partial charge on any atom is -0.480 e. The minimum absolute atomic E-state index is 0.522. The molecular formula is C17H19NO3. The van der Waals surface area contributed by atoms with Crippen LogP contribution < -0.4 is 9.64 Å². The highest BCUT2D eigenvalue weighted by Gasteiger charge is 2.20. The highest BCUT2D eigenvalue weighted by atomic mass is 16.5. The topological polar surface area (TPSA) is 49.8 Å². The molecule has 2 aromatic carbocycles. The molecule has 0 amide bonds. The Kier molecular flexibility index (Phi) is 4.82. The van der Waals surface area contributed by atoms with E-state index in [0.29, 0.717) is 6.42 Å². The van der Waals surface area contributed by atoms with Gasteiger partial charge in [-0.25, -0.2) is 4.79 Å². The molecule has 0 spiro atoms. The summed E-state index contributed by atoms with van der Waals surface area (Å²) in [5, 5.41) is 9.19. The highest BCUT2D eigenvalue weighted by molar-refractivity contribution is 5.78. The number of rotatable bonds is 6. The Morgan fingerprint density at radius 1 is 1.10 bits per heavy atom. The van der Waals surface area contributed by atoms with Crippen molar-refractivity contribution in [3.63, 3.8) is 0 Å². The summed E-state index contributed by atoms with van der Waals surface area (Å²) in [6, 6.07) is 16.4. The van der Waals surface area contributed by atoms with Gasteiger partial charge in [-0.1, -0.05) is 25.1 Å². The van der Waals surface area contributed by atoms with Crippen LogP contribution in [0.3, 0.4) is 0 Å². The second-order valence-electron chi connectivity index (χ2n) is 4.78. The molecular weight excluding hydrogens is 266 g/mol. The van der Waals surface area contributed by atoms with E-state index in [0.717, 1.165) is 17.2 Å². The molecule has 1 atom stereocenters. The van der Waals surface area contributed by atoms with E-state index >= 15 is 0 Å². The van der Waals surface area contributed by atoms with Gasteiger partial charge in [0.25, 0.3) is 0 Å². The van der Waals surface area contributed by atoms with Crippen molar-refractivity contribution in [1.82, 2.24) is 0 Å². The molecule has 110 valence electrons. The predicted octanol–water partition coefficient (Wildman–Crippen LogP) is 3.78. The number of benzene rings is 2. The lowest BCUT2D eigenvalue weighted by molar-refractivity contribution is -0.138. The van der Waals surface area contributed by atoms with Crippen molar-refractivity contribution in [2.45, 2.75) is 19.4 Å². The summed E-state index contributed by atoms with van der Waals surface area (Å²) in [7, 11) is 1.79. The number of carboxylic acid groups (broad SMARTS) is 1. The van der Waals surface area contributed by atoms with Gasteiger partial charge in [0, 0.05) is 12.7 Å². The van der Waals surface area contributed by atoms with Crippen LogP contribution in [0.1, 0.15) is 13.3 Å². The molecule has 2 rings (SSSR count). The number of anilines is 1. The Balaban J connectivity index is 2.10. The van der Waals surface area contributed by atoms with E-state index in [1.807, 2.05) is 61.5 Å². The van der Waals surface area contributed by atoms with Gasteiger partial charge in [0.2, 0.25) is 0 Å². The number of carbonyl (C=O) groups is 1. The zero-order chi connectivity index (χ0) is 15.2. The van der Waals surface area contributed by atoms with E-state index in [1.54, 1.807) is 11.9 Å². The lowest BCUT2D eigenvalue weighted by Gasteiger charge is -2.25. The minimum atomic E-state index is -0.815. The van der Waals surface area contributed by atoms with Crippen LogP contribution in [-0.4, -0.2) is 24.2 Å². The quantitative estimate of drug-likeness (QED) is 0.877. The first-order valence-electron chi connectivity index (χ1n) is 6.90. The summed E-state index contributed by atoms with van der Waals surface area (Å²) in [6.07, 6.45) is 0.550. The number of para-hydroxylation sites is 1. The number of likely N-dealkylation sites (N-methyl/N-ethyl adjacent to an activating group) is 1. The maximum Gasteiger partial charge on any atom is 0.326 e. The molecule has 21 heavy (non-hydrogen) atoms. The first-order valence-corrected chi connectivity index (χ1v) is 6.90. The third kappa shape index (κ3) is 3.75. The van der Waals surface area contributed by atoms with Gasteiger partial charge in [-0.2, -0.15) is 0 Å². The Morgan fingerprint density at radius 2 is 1.67 bits per heavy atom. The Bertz CT molecular complexity index is 581. The summed E-state index contributed by atoms with van der Waals surface area (Å²) in [5.74, 6) is 0.682. The number of ether oxygens (including phenoxy) is 1. The number of hydrogen-bond donors (Lipinski definition) is 1. The van der Waals surface area contributed by atoms with Crippen molar-refractivity contribution in [3.8, 4) is 11.5 Å². The zero-order valence-corrected chi connectivity index (χ0v) is 12.2. The highest BCUT2D eigenvalue weighted by Crippen LogP contribution is 2.25. The second-order valence-corrected chi connectivity index (χ2v) is 4.78. The molecule has 2 aromatic rings. The van der Waals surface area contributed by atoms with Gasteiger partial charge in [-0.05, 0) is 42.8 Å². The lowest BCUT2D eigenvalue weighted by Crippen LogP contribution is -2.37. The molecule has 0 saturated carbocycles. The largest absolute Gasteiger partial charge is 0.480 e. The smallest absolute Gasteiger partial charge is 0.326 e. The van der Waals surface area contributed by atoms with Crippen LogP contribution >= 0.6 is 0 Å². The van der Waals surface area contributed by atoms with Crippen LogP contribution in [0.25, 0.3) is 0 Å². The zero-order valence-electron chi connectivity index (χ0n) is 12.2. The summed E-state index contributed by atoms with van der Waals surface area (Å²) >= 11 is 0. The summed E-state index contributed by atoms with van der Waals surface area (Å²) in [5.41, 5.74) is 0.852.